The van der Waals surface area contributed by atoms with Crippen LogP contribution < -0.4 is 10.1 Å². The summed E-state index contributed by atoms with van der Waals surface area (Å²) in [5.41, 5.74) is 1.02. The van der Waals surface area contributed by atoms with Gasteiger partial charge in [-0.05, 0) is 12.1 Å². The number of nitrogens with one attached hydrogen (secondary N) is 1. The quantitative estimate of drug-likeness (QED) is 0.397. The normalized spacial score (nSPS) is 10.2. The first-order valence-electron chi connectivity index (χ1n) is 8.34. The molecular weight excluding hydrogens is 360 g/mol. The van der Waals surface area contributed by atoms with Crippen LogP contribution in [0.1, 0.15) is 26.3 Å². The molecule has 0 radical (unpaired) electrons. The van der Waals surface area contributed by atoms with Crippen LogP contribution in [0.2, 0.25) is 0 Å². The number of amides is 1. The van der Waals surface area contributed by atoms with E-state index < -0.39 is 10.8 Å². The third-order valence-corrected chi connectivity index (χ3v) is 4.10. The molecule has 0 atom stereocenters. The second-order valence-corrected chi connectivity index (χ2v) is 5.84. The summed E-state index contributed by atoms with van der Waals surface area (Å²) in [4.78, 5) is 35.9. The number of carbonyl (C=O) groups excluding carboxylic acids is 2. The van der Waals surface area contributed by atoms with Gasteiger partial charge in [-0.15, -0.1) is 0 Å². The molecule has 1 amide bonds. The van der Waals surface area contributed by atoms with Gasteiger partial charge in [0.15, 0.2) is 5.78 Å². The van der Waals surface area contributed by atoms with E-state index in [4.69, 9.17) is 4.74 Å². The molecule has 3 rings (SSSR count). The monoisotopic (exact) mass is 376 g/mol. The van der Waals surface area contributed by atoms with Gasteiger partial charge in [0.2, 0.25) is 0 Å². The highest BCUT2D eigenvalue weighted by Crippen LogP contribution is 2.29. The van der Waals surface area contributed by atoms with Crippen molar-refractivity contribution in [3.8, 4) is 5.75 Å². The van der Waals surface area contributed by atoms with Gasteiger partial charge in [0, 0.05) is 17.2 Å². The predicted octanol–water partition coefficient (Wildman–Crippen LogP) is 4.09. The van der Waals surface area contributed by atoms with E-state index in [-0.39, 0.29) is 34.0 Å². The third kappa shape index (κ3) is 3.88. The van der Waals surface area contributed by atoms with E-state index in [9.17, 15) is 19.7 Å². The van der Waals surface area contributed by atoms with Crippen molar-refractivity contribution < 1.29 is 19.2 Å². The van der Waals surface area contributed by atoms with Crippen LogP contribution in [-0.2, 0) is 0 Å². The highest BCUT2D eigenvalue weighted by Gasteiger charge is 2.20. The number of rotatable bonds is 6. The van der Waals surface area contributed by atoms with Crippen molar-refractivity contribution in [2.75, 3.05) is 12.4 Å². The number of hydrogen-bond donors (Lipinski definition) is 1. The number of nitrogens with zero attached hydrogens (tertiary/aromatic N) is 1. The van der Waals surface area contributed by atoms with Crippen LogP contribution in [0.3, 0.4) is 0 Å². The maximum absolute atomic E-state index is 12.8. The maximum Gasteiger partial charge on any atom is 0.273 e. The van der Waals surface area contributed by atoms with Gasteiger partial charge >= 0.3 is 0 Å². The lowest BCUT2D eigenvalue weighted by Crippen LogP contribution is -2.17. The first kappa shape index (κ1) is 18.8. The lowest BCUT2D eigenvalue weighted by atomic mass is 9.98. The van der Waals surface area contributed by atoms with E-state index in [1.165, 1.54) is 25.3 Å². The molecule has 3 aromatic carbocycles. The SMILES string of the molecule is COc1cc([N+](=O)[O-])ccc1NC(=O)c1ccccc1C(=O)c1ccccc1. The Hall–Kier alpha value is -4.00. The molecule has 0 heterocycles. The number of ketones is 1. The number of anilines is 1. The Morgan fingerprint density at radius 1 is 0.929 bits per heavy atom. The minimum Gasteiger partial charge on any atom is -0.494 e. The molecule has 3 aromatic rings. The van der Waals surface area contributed by atoms with Gasteiger partial charge in [-0.1, -0.05) is 48.5 Å². The fourth-order valence-corrected chi connectivity index (χ4v) is 2.71. The standard InChI is InChI=1S/C21H16N2O5/c1-28-19-13-15(23(26)27)11-12-18(19)22-21(25)17-10-6-5-9-16(17)20(24)14-7-3-2-4-8-14/h2-13H,1H3,(H,22,25). The molecule has 0 aromatic heterocycles. The molecule has 1 N–H and O–H groups in total. The smallest absolute Gasteiger partial charge is 0.273 e. The molecule has 0 aliphatic carbocycles. The molecule has 0 fully saturated rings. The van der Waals surface area contributed by atoms with Crippen LogP contribution in [0.15, 0.2) is 72.8 Å². The summed E-state index contributed by atoms with van der Waals surface area (Å²) >= 11 is 0. The van der Waals surface area contributed by atoms with Crippen LogP contribution in [0, 0.1) is 10.1 Å². The van der Waals surface area contributed by atoms with Gasteiger partial charge in [-0.2, -0.15) is 0 Å². The summed E-state index contributed by atoms with van der Waals surface area (Å²) < 4.78 is 5.13. The number of nitro benzene ring substituents is 1. The Morgan fingerprint density at radius 2 is 1.57 bits per heavy atom. The Morgan fingerprint density at radius 3 is 2.21 bits per heavy atom. The molecule has 0 unspecified atom stereocenters. The average Bonchev–Trinajstić information content (AvgIpc) is 2.73. The largest absolute Gasteiger partial charge is 0.494 e. The van der Waals surface area contributed by atoms with Crippen LogP contribution in [0.5, 0.6) is 5.75 Å². The van der Waals surface area contributed by atoms with Gasteiger partial charge in [0.25, 0.3) is 11.6 Å². The minimum atomic E-state index is -0.554. The van der Waals surface area contributed by atoms with Crippen molar-refractivity contribution >= 4 is 23.1 Å². The zero-order valence-corrected chi connectivity index (χ0v) is 14.9. The summed E-state index contributed by atoms with van der Waals surface area (Å²) in [6.07, 6.45) is 0. The number of benzene rings is 3. The molecule has 0 aliphatic heterocycles. The number of non-ortho nitro benzene ring substituents is 1. The average molecular weight is 376 g/mol. The van der Waals surface area contributed by atoms with Crippen molar-refractivity contribution in [1.82, 2.24) is 0 Å². The summed E-state index contributed by atoms with van der Waals surface area (Å²) in [7, 11) is 1.35. The zero-order valence-electron chi connectivity index (χ0n) is 14.9. The predicted molar refractivity (Wildman–Crippen MR) is 104 cm³/mol. The number of carbonyl (C=O) groups is 2. The molecule has 0 bridgehead atoms. The minimum absolute atomic E-state index is 0.148. The topological polar surface area (TPSA) is 98.5 Å². The van der Waals surface area contributed by atoms with Gasteiger partial charge in [-0.3, -0.25) is 19.7 Å². The Balaban J connectivity index is 1.92. The number of nitro groups is 1. The van der Waals surface area contributed by atoms with Gasteiger partial charge in [0.05, 0.1) is 29.4 Å². The van der Waals surface area contributed by atoms with E-state index in [0.717, 1.165) is 0 Å². The molecule has 140 valence electrons. The van der Waals surface area contributed by atoms with Crippen LogP contribution in [0.25, 0.3) is 0 Å². The van der Waals surface area contributed by atoms with Gasteiger partial charge in [0.1, 0.15) is 5.75 Å². The summed E-state index contributed by atoms with van der Waals surface area (Å²) in [5.74, 6) is -0.650. The van der Waals surface area contributed by atoms with E-state index in [1.807, 2.05) is 0 Å². The third-order valence-electron chi connectivity index (χ3n) is 4.10. The Labute approximate surface area is 160 Å². The van der Waals surface area contributed by atoms with Crippen LogP contribution in [0.4, 0.5) is 11.4 Å². The lowest BCUT2D eigenvalue weighted by molar-refractivity contribution is -0.384. The van der Waals surface area contributed by atoms with E-state index >= 15 is 0 Å². The van der Waals surface area contributed by atoms with E-state index in [1.54, 1.807) is 54.6 Å². The maximum atomic E-state index is 12.8. The molecule has 0 aliphatic rings. The van der Waals surface area contributed by atoms with Crippen molar-refractivity contribution in [2.45, 2.75) is 0 Å². The number of ether oxygens (including phenoxy) is 1. The molecule has 7 heteroatoms. The van der Waals surface area contributed by atoms with Crippen molar-refractivity contribution in [1.29, 1.82) is 0 Å². The van der Waals surface area contributed by atoms with E-state index in [0.29, 0.717) is 5.56 Å². The molecule has 0 saturated heterocycles. The van der Waals surface area contributed by atoms with Gasteiger partial charge in [-0.25, -0.2) is 0 Å². The second-order valence-electron chi connectivity index (χ2n) is 5.84. The molecule has 0 spiro atoms. The Bertz CT molecular complexity index is 1050. The van der Waals surface area contributed by atoms with Crippen molar-refractivity contribution in [3.63, 3.8) is 0 Å². The second kappa shape index (κ2) is 8.13. The summed E-state index contributed by atoms with van der Waals surface area (Å²) in [6.45, 7) is 0. The first-order valence-corrected chi connectivity index (χ1v) is 8.34. The summed E-state index contributed by atoms with van der Waals surface area (Å²) in [6, 6.07) is 19.0. The van der Waals surface area contributed by atoms with Crippen LogP contribution >= 0.6 is 0 Å². The lowest BCUT2D eigenvalue weighted by Gasteiger charge is -2.12. The zero-order chi connectivity index (χ0) is 20.1. The number of methoxy groups -OCH3 is 1. The molecule has 28 heavy (non-hydrogen) atoms. The number of hydrogen-bond acceptors (Lipinski definition) is 5. The first-order chi connectivity index (χ1) is 13.5. The van der Waals surface area contributed by atoms with Crippen LogP contribution in [-0.4, -0.2) is 23.7 Å². The molecular formula is C21H16N2O5. The highest BCUT2D eigenvalue weighted by atomic mass is 16.6. The van der Waals surface area contributed by atoms with Gasteiger partial charge < -0.3 is 10.1 Å². The Kier molecular flexibility index (Phi) is 5.45. The molecule has 0 saturated carbocycles. The summed E-state index contributed by atoms with van der Waals surface area (Å²) in [5, 5.41) is 13.6. The molecule has 7 nitrogen and oxygen atoms in total. The van der Waals surface area contributed by atoms with Crippen molar-refractivity contribution in [2.24, 2.45) is 0 Å². The fraction of sp³-hybridized carbons (Fsp3) is 0.0476. The fourth-order valence-electron chi connectivity index (χ4n) is 2.71. The highest BCUT2D eigenvalue weighted by molar-refractivity contribution is 6.17. The van der Waals surface area contributed by atoms with E-state index in [2.05, 4.69) is 5.32 Å². The van der Waals surface area contributed by atoms with Crippen molar-refractivity contribution in [3.05, 3.63) is 99.6 Å².